The first-order valence-corrected chi connectivity index (χ1v) is 7.89. The average Bonchev–Trinajstić information content (AvgIpc) is 2.37. The van der Waals surface area contributed by atoms with E-state index < -0.39 is 27.2 Å². The van der Waals surface area contributed by atoms with Gasteiger partial charge in [0.1, 0.15) is 0 Å². The summed E-state index contributed by atoms with van der Waals surface area (Å²) in [5.74, 6) is -2.33. The van der Waals surface area contributed by atoms with Crippen molar-refractivity contribution in [1.82, 2.24) is 9.62 Å². The van der Waals surface area contributed by atoms with Crippen LogP contribution in [0.2, 0.25) is 0 Å². The molecule has 0 bridgehead atoms. The zero-order chi connectivity index (χ0) is 15.3. The number of hydrogen-bond donors (Lipinski definition) is 3. The minimum absolute atomic E-state index is 0.00105. The van der Waals surface area contributed by atoms with Gasteiger partial charge in [-0.1, -0.05) is 0 Å². The number of carboxylic acids is 2. The fraction of sp³-hybridized carbons (Fsp3) is 0.818. The van der Waals surface area contributed by atoms with Crippen LogP contribution in [0.15, 0.2) is 0 Å². The lowest BCUT2D eigenvalue weighted by Gasteiger charge is -2.33. The maximum atomic E-state index is 12.1. The summed E-state index contributed by atoms with van der Waals surface area (Å²) in [6, 6.07) is 0. The van der Waals surface area contributed by atoms with Gasteiger partial charge in [-0.3, -0.25) is 9.59 Å². The Labute approximate surface area is 117 Å². The molecule has 20 heavy (non-hydrogen) atoms. The molecule has 0 aromatic heterocycles. The van der Waals surface area contributed by atoms with Crippen LogP contribution in [0, 0.1) is 5.92 Å². The van der Waals surface area contributed by atoms with Crippen LogP contribution in [0.25, 0.3) is 0 Å². The number of rotatable bonds is 7. The molecule has 0 aromatic rings. The highest BCUT2D eigenvalue weighted by Crippen LogP contribution is 2.21. The largest absolute Gasteiger partial charge is 0.480 e. The molecule has 1 aliphatic rings. The first-order valence-electron chi connectivity index (χ1n) is 6.39. The Kier molecular flexibility index (Phi) is 5.90. The van der Waals surface area contributed by atoms with Gasteiger partial charge in [0.05, 0.1) is 6.54 Å². The molecule has 0 spiro atoms. The average molecular weight is 308 g/mol. The summed E-state index contributed by atoms with van der Waals surface area (Å²) in [5, 5.41) is 18.6. The van der Waals surface area contributed by atoms with Crippen molar-refractivity contribution in [1.29, 1.82) is 0 Å². The number of sulfonamides is 1. The van der Waals surface area contributed by atoms with E-state index in [0.29, 0.717) is 19.5 Å². The lowest BCUT2D eigenvalue weighted by atomic mass is 10.00. The Bertz CT molecular complexity index is 464. The molecule has 1 heterocycles. The number of nitrogens with zero attached hydrogens (tertiary/aromatic N) is 1. The van der Waals surface area contributed by atoms with Gasteiger partial charge in [-0.2, -0.15) is 0 Å². The summed E-state index contributed by atoms with van der Waals surface area (Å²) in [6.07, 6.45) is 1.44. The van der Waals surface area contributed by atoms with Crippen molar-refractivity contribution in [2.24, 2.45) is 5.92 Å². The Morgan fingerprint density at radius 2 is 2.05 bits per heavy atom. The van der Waals surface area contributed by atoms with E-state index in [-0.39, 0.29) is 19.0 Å². The maximum Gasteiger partial charge on any atom is 0.323 e. The fourth-order valence-corrected chi connectivity index (χ4v) is 3.66. The normalized spacial score (nSPS) is 22.4. The van der Waals surface area contributed by atoms with Crippen molar-refractivity contribution in [3.63, 3.8) is 0 Å². The quantitative estimate of drug-likeness (QED) is 0.561. The summed E-state index contributed by atoms with van der Waals surface area (Å²) in [6.45, 7) is 1.93. The van der Waals surface area contributed by atoms with Gasteiger partial charge < -0.3 is 15.5 Å². The molecule has 3 N–H and O–H groups in total. The molecule has 0 amide bonds. The van der Waals surface area contributed by atoms with E-state index >= 15 is 0 Å². The second-order valence-electron chi connectivity index (χ2n) is 4.92. The highest BCUT2D eigenvalue weighted by molar-refractivity contribution is 7.90. The SMILES string of the molecule is CC(C(=O)O)S(=O)(=O)N1CCCC(CNCC(=O)O)C1. The van der Waals surface area contributed by atoms with E-state index in [2.05, 4.69) is 5.32 Å². The van der Waals surface area contributed by atoms with Gasteiger partial charge in [0, 0.05) is 13.1 Å². The molecule has 1 saturated heterocycles. The fourth-order valence-electron chi connectivity index (χ4n) is 2.16. The van der Waals surface area contributed by atoms with Crippen LogP contribution in [-0.2, 0) is 19.6 Å². The molecule has 1 fully saturated rings. The third-order valence-electron chi connectivity index (χ3n) is 3.35. The molecule has 8 nitrogen and oxygen atoms in total. The van der Waals surface area contributed by atoms with Crippen molar-refractivity contribution in [2.75, 3.05) is 26.2 Å². The Hall–Kier alpha value is -1.19. The number of carbonyl (C=O) groups is 2. The van der Waals surface area contributed by atoms with Crippen LogP contribution < -0.4 is 5.32 Å². The van der Waals surface area contributed by atoms with Crippen molar-refractivity contribution in [3.8, 4) is 0 Å². The van der Waals surface area contributed by atoms with Crippen LogP contribution in [0.4, 0.5) is 0 Å². The molecule has 2 atom stereocenters. The summed E-state index contributed by atoms with van der Waals surface area (Å²) in [7, 11) is -3.85. The molecular formula is C11H20N2O6S. The van der Waals surface area contributed by atoms with Crippen LogP contribution >= 0.6 is 0 Å². The van der Waals surface area contributed by atoms with E-state index in [4.69, 9.17) is 10.2 Å². The van der Waals surface area contributed by atoms with Crippen LogP contribution in [-0.4, -0.2) is 66.3 Å². The number of carboxylic acid groups (broad SMARTS) is 2. The standard InChI is InChI=1S/C11H20N2O6S/c1-8(11(16)17)20(18,19)13-4-2-3-9(7-13)5-12-6-10(14)15/h8-9,12H,2-7H2,1H3,(H,14,15)(H,16,17). The molecule has 1 aliphatic heterocycles. The van der Waals surface area contributed by atoms with Gasteiger partial charge in [0.15, 0.2) is 5.25 Å². The third kappa shape index (κ3) is 4.43. The highest BCUT2D eigenvalue weighted by atomic mass is 32.2. The van der Waals surface area contributed by atoms with Gasteiger partial charge in [-0.15, -0.1) is 0 Å². The third-order valence-corrected chi connectivity index (χ3v) is 5.49. The molecule has 0 saturated carbocycles. The molecule has 0 aliphatic carbocycles. The molecule has 9 heteroatoms. The number of aliphatic carboxylic acids is 2. The second-order valence-corrected chi connectivity index (χ2v) is 7.17. The van der Waals surface area contributed by atoms with E-state index in [1.54, 1.807) is 0 Å². The van der Waals surface area contributed by atoms with Gasteiger partial charge in [0.2, 0.25) is 10.0 Å². The molecule has 1 rings (SSSR count). The first kappa shape index (κ1) is 16.9. The zero-order valence-corrected chi connectivity index (χ0v) is 12.1. The summed E-state index contributed by atoms with van der Waals surface area (Å²) < 4.78 is 25.4. The Morgan fingerprint density at radius 1 is 1.40 bits per heavy atom. The van der Waals surface area contributed by atoms with Gasteiger partial charge >= 0.3 is 11.9 Å². The van der Waals surface area contributed by atoms with E-state index in [9.17, 15) is 18.0 Å². The maximum absolute atomic E-state index is 12.1. The number of piperidine rings is 1. The van der Waals surface area contributed by atoms with Gasteiger partial charge in [0.25, 0.3) is 0 Å². The predicted molar refractivity (Wildman–Crippen MR) is 70.8 cm³/mol. The molecule has 0 aromatic carbocycles. The highest BCUT2D eigenvalue weighted by Gasteiger charge is 2.36. The van der Waals surface area contributed by atoms with Gasteiger partial charge in [-0.25, -0.2) is 12.7 Å². The molecular weight excluding hydrogens is 288 g/mol. The lowest BCUT2D eigenvalue weighted by Crippen LogP contribution is -2.47. The zero-order valence-electron chi connectivity index (χ0n) is 11.3. The monoisotopic (exact) mass is 308 g/mol. The van der Waals surface area contributed by atoms with E-state index in [1.165, 1.54) is 4.31 Å². The van der Waals surface area contributed by atoms with Crippen molar-refractivity contribution < 1.29 is 28.2 Å². The van der Waals surface area contributed by atoms with Crippen LogP contribution in [0.5, 0.6) is 0 Å². The Balaban J connectivity index is 2.60. The predicted octanol–water partition coefficient (Wildman–Crippen LogP) is -0.824. The number of nitrogens with one attached hydrogen (secondary N) is 1. The molecule has 0 radical (unpaired) electrons. The Morgan fingerprint density at radius 3 is 2.60 bits per heavy atom. The smallest absolute Gasteiger partial charge is 0.323 e. The summed E-state index contributed by atoms with van der Waals surface area (Å²) in [4.78, 5) is 21.2. The van der Waals surface area contributed by atoms with Crippen molar-refractivity contribution in [3.05, 3.63) is 0 Å². The lowest BCUT2D eigenvalue weighted by molar-refractivity contribution is -0.137. The minimum atomic E-state index is -3.85. The summed E-state index contributed by atoms with van der Waals surface area (Å²) >= 11 is 0. The van der Waals surface area contributed by atoms with E-state index in [1.807, 2.05) is 0 Å². The van der Waals surface area contributed by atoms with Crippen LogP contribution in [0.1, 0.15) is 19.8 Å². The summed E-state index contributed by atoms with van der Waals surface area (Å²) in [5.41, 5.74) is 0. The molecule has 2 unspecified atom stereocenters. The molecule has 116 valence electrons. The van der Waals surface area contributed by atoms with E-state index in [0.717, 1.165) is 13.3 Å². The topological polar surface area (TPSA) is 124 Å². The van der Waals surface area contributed by atoms with Crippen LogP contribution in [0.3, 0.4) is 0 Å². The van der Waals surface area contributed by atoms with Crippen molar-refractivity contribution in [2.45, 2.75) is 25.0 Å². The first-order chi connectivity index (χ1) is 9.25. The minimum Gasteiger partial charge on any atom is -0.480 e. The second kappa shape index (κ2) is 7.00. The van der Waals surface area contributed by atoms with Crippen molar-refractivity contribution >= 4 is 22.0 Å². The van der Waals surface area contributed by atoms with Gasteiger partial charge in [-0.05, 0) is 32.2 Å². The number of hydrogen-bond acceptors (Lipinski definition) is 5.